The Balaban J connectivity index is 1.35. The van der Waals surface area contributed by atoms with E-state index in [1.807, 2.05) is 18.2 Å². The van der Waals surface area contributed by atoms with Crippen molar-refractivity contribution in [2.45, 2.75) is 25.9 Å². The highest BCUT2D eigenvalue weighted by Crippen LogP contribution is 2.32. The molecule has 3 aromatic carbocycles. The van der Waals surface area contributed by atoms with Crippen molar-refractivity contribution in [2.75, 3.05) is 26.8 Å². The highest BCUT2D eigenvalue weighted by molar-refractivity contribution is 9.10. The zero-order chi connectivity index (χ0) is 22.6. The summed E-state index contributed by atoms with van der Waals surface area (Å²) in [5.74, 6) is 1.53. The van der Waals surface area contributed by atoms with E-state index in [4.69, 9.17) is 9.47 Å². The van der Waals surface area contributed by atoms with E-state index >= 15 is 0 Å². The summed E-state index contributed by atoms with van der Waals surface area (Å²) >= 11 is 3.50. The van der Waals surface area contributed by atoms with Gasteiger partial charge in [-0.25, -0.2) is 0 Å². The fourth-order valence-corrected chi connectivity index (χ4v) is 5.23. The highest BCUT2D eigenvalue weighted by Gasteiger charge is 2.21. The predicted octanol–water partition coefficient (Wildman–Crippen LogP) is 6.09. The number of benzene rings is 3. The molecular formula is C28H29BrN2O2. The normalized spacial score (nSPS) is 14.1. The third kappa shape index (κ3) is 4.80. The minimum Gasteiger partial charge on any atom is -0.493 e. The molecule has 2 heterocycles. The van der Waals surface area contributed by atoms with E-state index in [-0.39, 0.29) is 0 Å². The summed E-state index contributed by atoms with van der Waals surface area (Å²) < 4.78 is 15.2. The van der Waals surface area contributed by atoms with E-state index in [1.165, 1.54) is 27.7 Å². The number of nitrogens with zero attached hydrogens (tertiary/aromatic N) is 2. The molecule has 0 aliphatic carbocycles. The molecule has 0 atom stereocenters. The first-order valence-corrected chi connectivity index (χ1v) is 12.3. The van der Waals surface area contributed by atoms with Crippen LogP contribution in [0.4, 0.5) is 0 Å². The molecule has 0 spiro atoms. The molecule has 1 aromatic heterocycles. The van der Waals surface area contributed by atoms with Crippen LogP contribution in [0.15, 0.2) is 77.3 Å². The monoisotopic (exact) mass is 504 g/mol. The Kier molecular flexibility index (Phi) is 6.70. The number of halogens is 1. The maximum Gasteiger partial charge on any atom is 0.161 e. The van der Waals surface area contributed by atoms with Gasteiger partial charge in [0.2, 0.25) is 0 Å². The fraction of sp³-hybridized carbons (Fsp3) is 0.286. The molecule has 0 amide bonds. The van der Waals surface area contributed by atoms with Gasteiger partial charge in [-0.2, -0.15) is 0 Å². The van der Waals surface area contributed by atoms with Crippen molar-refractivity contribution in [3.05, 3.63) is 94.1 Å². The van der Waals surface area contributed by atoms with Crippen LogP contribution in [0.3, 0.4) is 0 Å². The van der Waals surface area contributed by atoms with Gasteiger partial charge in [-0.1, -0.05) is 64.5 Å². The fourth-order valence-electron chi connectivity index (χ4n) is 4.89. The number of para-hydroxylation sites is 1. The van der Waals surface area contributed by atoms with Gasteiger partial charge in [-0.15, -0.1) is 0 Å². The molecule has 0 radical (unpaired) electrons. The second kappa shape index (κ2) is 10.0. The SMILES string of the molecule is COc1cc(Br)ccc1OCCc1c2n(c3ccccc13)CCN(Cc1ccccc1)CC2. The van der Waals surface area contributed by atoms with E-state index in [2.05, 4.69) is 80.0 Å². The van der Waals surface area contributed by atoms with Gasteiger partial charge in [0.25, 0.3) is 0 Å². The molecule has 0 saturated carbocycles. The molecule has 4 aromatic rings. The largest absolute Gasteiger partial charge is 0.493 e. The molecule has 5 heteroatoms. The zero-order valence-electron chi connectivity index (χ0n) is 19.0. The van der Waals surface area contributed by atoms with Crippen molar-refractivity contribution < 1.29 is 9.47 Å². The summed E-state index contributed by atoms with van der Waals surface area (Å²) in [6.45, 7) is 4.77. The Labute approximate surface area is 203 Å². The standard InChI is InChI=1S/C28H29BrN2O2/c1-32-28-19-22(29)11-12-27(28)33-18-14-24-23-9-5-6-10-25(23)31-17-16-30(15-13-26(24)31)20-21-7-3-2-4-8-21/h2-12,19H,13-18,20H2,1H3. The van der Waals surface area contributed by atoms with E-state index < -0.39 is 0 Å². The molecule has 170 valence electrons. The lowest BCUT2D eigenvalue weighted by atomic mass is 10.1. The molecule has 0 fully saturated rings. The maximum atomic E-state index is 6.16. The van der Waals surface area contributed by atoms with Gasteiger partial charge in [0.15, 0.2) is 11.5 Å². The molecule has 0 bridgehead atoms. The third-order valence-corrected chi connectivity index (χ3v) is 6.98. The topological polar surface area (TPSA) is 26.6 Å². The Hall–Kier alpha value is -2.76. The molecule has 0 unspecified atom stereocenters. The van der Waals surface area contributed by atoms with Crippen LogP contribution in [0.1, 0.15) is 16.8 Å². The first kappa shape index (κ1) is 22.1. The van der Waals surface area contributed by atoms with E-state index in [0.29, 0.717) is 6.61 Å². The van der Waals surface area contributed by atoms with Crippen LogP contribution in [0.5, 0.6) is 11.5 Å². The van der Waals surface area contributed by atoms with Crippen LogP contribution in [-0.4, -0.2) is 36.3 Å². The number of rotatable bonds is 7. The van der Waals surface area contributed by atoms with E-state index in [0.717, 1.165) is 55.0 Å². The maximum absolute atomic E-state index is 6.16. The van der Waals surface area contributed by atoms with Crippen LogP contribution in [0, 0.1) is 0 Å². The summed E-state index contributed by atoms with van der Waals surface area (Å²) in [5, 5.41) is 1.36. The average molecular weight is 505 g/mol. The van der Waals surface area contributed by atoms with Crippen LogP contribution in [0.2, 0.25) is 0 Å². The summed E-state index contributed by atoms with van der Waals surface area (Å²) in [5.41, 5.74) is 5.60. The molecular weight excluding hydrogens is 476 g/mol. The van der Waals surface area contributed by atoms with Gasteiger partial charge in [0.05, 0.1) is 13.7 Å². The zero-order valence-corrected chi connectivity index (χ0v) is 20.6. The average Bonchev–Trinajstić information content (AvgIpc) is 2.99. The second-order valence-corrected chi connectivity index (χ2v) is 9.42. The smallest absolute Gasteiger partial charge is 0.161 e. The van der Waals surface area contributed by atoms with Gasteiger partial charge in [-0.05, 0) is 35.4 Å². The minimum absolute atomic E-state index is 0.618. The molecule has 5 rings (SSSR count). The van der Waals surface area contributed by atoms with Gasteiger partial charge in [-0.3, -0.25) is 4.90 Å². The van der Waals surface area contributed by atoms with Crippen molar-refractivity contribution in [3.8, 4) is 11.5 Å². The van der Waals surface area contributed by atoms with Crippen molar-refractivity contribution in [3.63, 3.8) is 0 Å². The van der Waals surface area contributed by atoms with Crippen LogP contribution < -0.4 is 9.47 Å². The van der Waals surface area contributed by atoms with Crippen molar-refractivity contribution in [2.24, 2.45) is 0 Å². The predicted molar refractivity (Wildman–Crippen MR) is 137 cm³/mol. The summed E-state index contributed by atoms with van der Waals surface area (Å²) in [7, 11) is 1.68. The van der Waals surface area contributed by atoms with Gasteiger partial charge in [0.1, 0.15) is 0 Å². The number of methoxy groups -OCH3 is 1. The molecule has 33 heavy (non-hydrogen) atoms. The lowest BCUT2D eigenvalue weighted by molar-refractivity contribution is 0.272. The van der Waals surface area contributed by atoms with E-state index in [1.54, 1.807) is 7.11 Å². The molecule has 1 aliphatic heterocycles. The van der Waals surface area contributed by atoms with Crippen LogP contribution >= 0.6 is 15.9 Å². The Bertz CT molecular complexity index is 1240. The second-order valence-electron chi connectivity index (χ2n) is 8.50. The Morgan fingerprint density at radius 2 is 1.70 bits per heavy atom. The molecule has 4 nitrogen and oxygen atoms in total. The summed E-state index contributed by atoms with van der Waals surface area (Å²) in [6.07, 6.45) is 1.93. The molecule has 0 N–H and O–H groups in total. The van der Waals surface area contributed by atoms with Crippen molar-refractivity contribution in [1.29, 1.82) is 0 Å². The number of aromatic nitrogens is 1. The first-order chi connectivity index (χ1) is 16.2. The van der Waals surface area contributed by atoms with Crippen LogP contribution in [-0.2, 0) is 25.9 Å². The molecule has 0 saturated heterocycles. The number of ether oxygens (including phenoxy) is 2. The lowest BCUT2D eigenvalue weighted by Crippen LogP contribution is -2.26. The Morgan fingerprint density at radius 3 is 2.55 bits per heavy atom. The van der Waals surface area contributed by atoms with Gasteiger partial charge >= 0.3 is 0 Å². The Morgan fingerprint density at radius 1 is 0.879 bits per heavy atom. The van der Waals surface area contributed by atoms with Crippen molar-refractivity contribution in [1.82, 2.24) is 9.47 Å². The number of hydrogen-bond donors (Lipinski definition) is 0. The first-order valence-electron chi connectivity index (χ1n) is 11.5. The van der Waals surface area contributed by atoms with Crippen LogP contribution in [0.25, 0.3) is 10.9 Å². The van der Waals surface area contributed by atoms with Crippen molar-refractivity contribution >= 4 is 26.8 Å². The summed E-state index contributed by atoms with van der Waals surface area (Å²) in [6, 6.07) is 25.5. The van der Waals surface area contributed by atoms with Gasteiger partial charge < -0.3 is 14.0 Å². The highest BCUT2D eigenvalue weighted by atomic mass is 79.9. The number of fused-ring (bicyclic) bond motifs is 3. The molecule has 1 aliphatic rings. The lowest BCUT2D eigenvalue weighted by Gasteiger charge is -2.19. The third-order valence-electron chi connectivity index (χ3n) is 6.48. The van der Waals surface area contributed by atoms with Gasteiger partial charge in [0, 0.05) is 60.1 Å². The summed E-state index contributed by atoms with van der Waals surface area (Å²) in [4.78, 5) is 2.57. The van der Waals surface area contributed by atoms with E-state index in [9.17, 15) is 0 Å². The quantitative estimate of drug-likeness (QED) is 0.304. The minimum atomic E-state index is 0.618. The number of hydrogen-bond acceptors (Lipinski definition) is 3.